The van der Waals surface area contributed by atoms with E-state index in [0.717, 1.165) is 24.7 Å². The summed E-state index contributed by atoms with van der Waals surface area (Å²) in [6.07, 6.45) is 4.31. The lowest BCUT2D eigenvalue weighted by molar-refractivity contribution is 0.102. The molecule has 1 aromatic heterocycles. The van der Waals surface area contributed by atoms with E-state index < -0.39 is 0 Å². The van der Waals surface area contributed by atoms with Gasteiger partial charge in [-0.15, -0.1) is 0 Å². The van der Waals surface area contributed by atoms with Gasteiger partial charge in [0.15, 0.2) is 0 Å². The monoisotopic (exact) mass is 351 g/mol. The molecule has 138 valence electrons. The maximum atomic E-state index is 12.4. The van der Waals surface area contributed by atoms with E-state index in [1.165, 1.54) is 18.4 Å². The number of piperidine rings is 1. The van der Waals surface area contributed by atoms with Crippen molar-refractivity contribution in [1.29, 1.82) is 0 Å². The summed E-state index contributed by atoms with van der Waals surface area (Å²) in [6.45, 7) is 11.0. The average molecular weight is 351 g/mol. The summed E-state index contributed by atoms with van der Waals surface area (Å²) in [6, 6.07) is 11.7. The minimum Gasteiger partial charge on any atom is -0.370 e. The van der Waals surface area contributed by atoms with Gasteiger partial charge in [0.1, 0.15) is 5.82 Å². The van der Waals surface area contributed by atoms with Crippen molar-refractivity contribution in [3.05, 3.63) is 53.7 Å². The lowest BCUT2D eigenvalue weighted by atomic mass is 9.87. The summed E-state index contributed by atoms with van der Waals surface area (Å²) in [5.41, 5.74) is 3.07. The van der Waals surface area contributed by atoms with Crippen molar-refractivity contribution in [2.75, 3.05) is 23.3 Å². The van der Waals surface area contributed by atoms with Crippen LogP contribution in [0.5, 0.6) is 0 Å². The molecule has 0 spiro atoms. The van der Waals surface area contributed by atoms with Gasteiger partial charge in [0.25, 0.3) is 5.91 Å². The summed E-state index contributed by atoms with van der Waals surface area (Å²) < 4.78 is 0. The average Bonchev–Trinajstić information content (AvgIpc) is 2.62. The molecule has 1 aliphatic heterocycles. The Kier molecular flexibility index (Phi) is 5.30. The minimum absolute atomic E-state index is 0.0820. The van der Waals surface area contributed by atoms with Gasteiger partial charge in [-0.1, -0.05) is 39.8 Å². The van der Waals surface area contributed by atoms with Crippen molar-refractivity contribution < 1.29 is 4.79 Å². The molecule has 3 rings (SSSR count). The maximum absolute atomic E-state index is 12.4. The van der Waals surface area contributed by atoms with E-state index in [2.05, 4.69) is 42.9 Å². The van der Waals surface area contributed by atoms with Crippen LogP contribution in [0.2, 0.25) is 0 Å². The topological polar surface area (TPSA) is 45.2 Å². The number of pyridine rings is 1. The highest BCUT2D eigenvalue weighted by Crippen LogP contribution is 2.24. The minimum atomic E-state index is -0.127. The molecule has 0 aliphatic carbocycles. The molecule has 2 heterocycles. The van der Waals surface area contributed by atoms with Gasteiger partial charge in [-0.2, -0.15) is 0 Å². The standard InChI is InChI=1S/C22H29N3O/c1-16-11-13-25(14-12-16)19-9-10-20(23-15-19)24-21(26)17-5-7-18(8-6-17)22(2,3)4/h5-10,15-16H,11-14H2,1-4H3,(H,23,24,26). The molecule has 1 amide bonds. The predicted molar refractivity (Wildman–Crippen MR) is 108 cm³/mol. The number of carbonyl (C=O) groups is 1. The number of aromatic nitrogens is 1. The van der Waals surface area contributed by atoms with Crippen LogP contribution in [0.25, 0.3) is 0 Å². The third-order valence-electron chi connectivity index (χ3n) is 5.15. The van der Waals surface area contributed by atoms with Gasteiger partial charge in [0.2, 0.25) is 0 Å². The zero-order valence-corrected chi connectivity index (χ0v) is 16.2. The van der Waals surface area contributed by atoms with E-state index in [1.54, 1.807) is 0 Å². The van der Waals surface area contributed by atoms with E-state index in [1.807, 2.05) is 42.6 Å². The molecule has 4 nitrogen and oxygen atoms in total. The van der Waals surface area contributed by atoms with Crippen LogP contribution in [0, 0.1) is 5.92 Å². The summed E-state index contributed by atoms with van der Waals surface area (Å²) >= 11 is 0. The van der Waals surface area contributed by atoms with Crippen LogP contribution in [0.1, 0.15) is 56.5 Å². The fourth-order valence-electron chi connectivity index (χ4n) is 3.22. The number of amides is 1. The van der Waals surface area contributed by atoms with E-state index in [0.29, 0.717) is 11.4 Å². The van der Waals surface area contributed by atoms with Crippen LogP contribution >= 0.6 is 0 Å². The van der Waals surface area contributed by atoms with Crippen molar-refractivity contribution in [2.45, 2.75) is 46.0 Å². The van der Waals surface area contributed by atoms with E-state index >= 15 is 0 Å². The molecular formula is C22H29N3O. The van der Waals surface area contributed by atoms with Gasteiger partial charge in [0, 0.05) is 18.7 Å². The highest BCUT2D eigenvalue weighted by atomic mass is 16.1. The number of hydrogen-bond acceptors (Lipinski definition) is 3. The number of nitrogens with zero attached hydrogens (tertiary/aromatic N) is 2. The predicted octanol–water partition coefficient (Wildman–Crippen LogP) is 4.87. The Bertz CT molecular complexity index is 736. The number of hydrogen-bond donors (Lipinski definition) is 1. The maximum Gasteiger partial charge on any atom is 0.256 e. The van der Waals surface area contributed by atoms with Crippen LogP contribution in [0.4, 0.5) is 11.5 Å². The van der Waals surface area contributed by atoms with Crippen LogP contribution in [-0.2, 0) is 5.41 Å². The summed E-state index contributed by atoms with van der Waals surface area (Å²) in [7, 11) is 0. The summed E-state index contributed by atoms with van der Waals surface area (Å²) in [4.78, 5) is 19.2. The zero-order chi connectivity index (χ0) is 18.7. The first kappa shape index (κ1) is 18.4. The van der Waals surface area contributed by atoms with Crippen molar-refractivity contribution in [2.24, 2.45) is 5.92 Å². The van der Waals surface area contributed by atoms with E-state index in [4.69, 9.17) is 0 Å². The molecule has 1 aliphatic rings. The Morgan fingerprint density at radius 3 is 2.27 bits per heavy atom. The van der Waals surface area contributed by atoms with Gasteiger partial charge < -0.3 is 10.2 Å². The first-order valence-corrected chi connectivity index (χ1v) is 9.46. The molecule has 0 saturated carbocycles. The molecule has 1 fully saturated rings. The van der Waals surface area contributed by atoms with Crippen LogP contribution in [0.3, 0.4) is 0 Å². The molecule has 2 aromatic rings. The Morgan fingerprint density at radius 1 is 1.08 bits per heavy atom. The number of carbonyl (C=O) groups excluding carboxylic acids is 1. The highest BCUT2D eigenvalue weighted by molar-refractivity contribution is 6.03. The first-order valence-electron chi connectivity index (χ1n) is 9.46. The third kappa shape index (κ3) is 4.43. The van der Waals surface area contributed by atoms with Crippen LogP contribution in [-0.4, -0.2) is 24.0 Å². The molecule has 0 bridgehead atoms. The SMILES string of the molecule is CC1CCN(c2ccc(NC(=O)c3ccc(C(C)(C)C)cc3)nc2)CC1. The van der Waals surface area contributed by atoms with Gasteiger partial charge in [-0.25, -0.2) is 4.98 Å². The summed E-state index contributed by atoms with van der Waals surface area (Å²) in [5, 5.41) is 2.89. The molecule has 1 N–H and O–H groups in total. The van der Waals surface area contributed by atoms with Gasteiger partial charge in [0.05, 0.1) is 11.9 Å². The van der Waals surface area contributed by atoms with Crippen LogP contribution < -0.4 is 10.2 Å². The number of rotatable bonds is 3. The molecular weight excluding hydrogens is 322 g/mol. The lowest BCUT2D eigenvalue weighted by Crippen LogP contribution is -2.32. The van der Waals surface area contributed by atoms with Gasteiger partial charge in [-0.3, -0.25) is 4.79 Å². The molecule has 26 heavy (non-hydrogen) atoms. The second-order valence-electron chi connectivity index (χ2n) is 8.35. The van der Waals surface area contributed by atoms with Crippen molar-refractivity contribution in [3.63, 3.8) is 0 Å². The smallest absolute Gasteiger partial charge is 0.256 e. The molecule has 0 unspecified atom stereocenters. The second kappa shape index (κ2) is 7.48. The lowest BCUT2D eigenvalue weighted by Gasteiger charge is -2.31. The van der Waals surface area contributed by atoms with Crippen LogP contribution in [0.15, 0.2) is 42.6 Å². The number of anilines is 2. The zero-order valence-electron chi connectivity index (χ0n) is 16.2. The Hall–Kier alpha value is -2.36. The summed E-state index contributed by atoms with van der Waals surface area (Å²) in [5.74, 6) is 1.27. The van der Waals surface area contributed by atoms with E-state index in [-0.39, 0.29) is 11.3 Å². The van der Waals surface area contributed by atoms with Gasteiger partial charge >= 0.3 is 0 Å². The molecule has 1 aromatic carbocycles. The Morgan fingerprint density at radius 2 is 1.73 bits per heavy atom. The Balaban J connectivity index is 1.62. The van der Waals surface area contributed by atoms with E-state index in [9.17, 15) is 4.79 Å². The molecule has 4 heteroatoms. The van der Waals surface area contributed by atoms with Crippen molar-refractivity contribution >= 4 is 17.4 Å². The van der Waals surface area contributed by atoms with Crippen molar-refractivity contribution in [1.82, 2.24) is 4.98 Å². The molecule has 0 radical (unpaired) electrons. The normalized spacial score (nSPS) is 15.8. The highest BCUT2D eigenvalue weighted by Gasteiger charge is 2.17. The number of nitrogens with one attached hydrogen (secondary N) is 1. The fraction of sp³-hybridized carbons (Fsp3) is 0.455. The molecule has 1 saturated heterocycles. The third-order valence-corrected chi connectivity index (χ3v) is 5.15. The quantitative estimate of drug-likeness (QED) is 0.858. The molecule has 0 atom stereocenters. The largest absolute Gasteiger partial charge is 0.370 e. The second-order valence-corrected chi connectivity index (χ2v) is 8.35. The fourth-order valence-corrected chi connectivity index (χ4v) is 3.22. The van der Waals surface area contributed by atoms with Crippen molar-refractivity contribution in [3.8, 4) is 0 Å². The van der Waals surface area contributed by atoms with Gasteiger partial charge in [-0.05, 0) is 54.0 Å². The Labute approximate surface area is 156 Å². The number of benzene rings is 1. The first-order chi connectivity index (χ1) is 12.3.